The Morgan fingerprint density at radius 2 is 2.32 bits per heavy atom. The van der Waals surface area contributed by atoms with Crippen LogP contribution in [0.1, 0.15) is 25.3 Å². The van der Waals surface area contributed by atoms with E-state index < -0.39 is 5.82 Å². The molecule has 1 atom stereocenters. The molecule has 1 aliphatic heterocycles. The van der Waals surface area contributed by atoms with Crippen molar-refractivity contribution in [3.63, 3.8) is 0 Å². The van der Waals surface area contributed by atoms with Crippen LogP contribution < -0.4 is 4.90 Å². The van der Waals surface area contributed by atoms with Crippen LogP contribution in [0.5, 0.6) is 0 Å². The van der Waals surface area contributed by atoms with Crippen molar-refractivity contribution in [1.82, 2.24) is 0 Å². The predicted octanol–water partition coefficient (Wildman–Crippen LogP) is 3.27. The van der Waals surface area contributed by atoms with Crippen LogP contribution in [0, 0.1) is 23.1 Å². The Balaban J connectivity index is 2.30. The lowest BCUT2D eigenvalue weighted by molar-refractivity contribution is -0.120. The van der Waals surface area contributed by atoms with Crippen LogP contribution in [0.25, 0.3) is 0 Å². The first-order valence-electron chi connectivity index (χ1n) is 6.18. The first-order chi connectivity index (χ1) is 9.04. The van der Waals surface area contributed by atoms with Gasteiger partial charge in [0, 0.05) is 19.0 Å². The molecule has 0 aliphatic carbocycles. The number of halogens is 2. The first kappa shape index (κ1) is 14.0. The van der Waals surface area contributed by atoms with E-state index in [1.807, 2.05) is 11.0 Å². The Morgan fingerprint density at radius 3 is 2.95 bits per heavy atom. The molecule has 2 rings (SSSR count). The van der Waals surface area contributed by atoms with Crippen LogP contribution in [0.2, 0.25) is 0 Å². The molecule has 1 aromatic rings. The van der Waals surface area contributed by atoms with Crippen molar-refractivity contribution < 1.29 is 9.18 Å². The minimum atomic E-state index is -0.428. The van der Waals surface area contributed by atoms with Crippen molar-refractivity contribution in [2.45, 2.75) is 19.8 Å². The predicted molar refractivity (Wildman–Crippen MR) is 74.4 cm³/mol. The third-order valence-corrected chi connectivity index (χ3v) is 4.29. The standard InChI is InChI=1S/C14H14BrFN2O/c1-9(19)11-3-2-6-18(8-11)12-5-4-10(7-17)13(15)14(12)16/h4-5,11H,2-3,6,8H2,1H3. The maximum absolute atomic E-state index is 14.2. The molecule has 3 nitrogen and oxygen atoms in total. The number of hydrogen-bond acceptors (Lipinski definition) is 3. The number of anilines is 1. The zero-order valence-electron chi connectivity index (χ0n) is 10.6. The molecule has 0 bridgehead atoms. The second-order valence-corrected chi connectivity index (χ2v) is 5.56. The number of ketones is 1. The van der Waals surface area contributed by atoms with E-state index in [9.17, 15) is 9.18 Å². The molecule has 0 saturated carbocycles. The van der Waals surface area contributed by atoms with E-state index in [-0.39, 0.29) is 21.7 Å². The van der Waals surface area contributed by atoms with Gasteiger partial charge >= 0.3 is 0 Å². The van der Waals surface area contributed by atoms with Gasteiger partial charge in [-0.2, -0.15) is 5.26 Å². The van der Waals surface area contributed by atoms with E-state index in [1.54, 1.807) is 19.1 Å². The number of benzene rings is 1. The summed E-state index contributed by atoms with van der Waals surface area (Å²) in [5.41, 5.74) is 0.734. The van der Waals surface area contributed by atoms with E-state index in [0.29, 0.717) is 12.2 Å². The average molecular weight is 325 g/mol. The molecule has 1 aliphatic rings. The number of nitrogens with zero attached hydrogens (tertiary/aromatic N) is 2. The number of rotatable bonds is 2. The van der Waals surface area contributed by atoms with Gasteiger partial charge in [-0.25, -0.2) is 4.39 Å². The van der Waals surface area contributed by atoms with E-state index >= 15 is 0 Å². The Kier molecular flexibility index (Phi) is 4.20. The van der Waals surface area contributed by atoms with Gasteiger partial charge < -0.3 is 4.90 Å². The van der Waals surface area contributed by atoms with E-state index in [0.717, 1.165) is 19.4 Å². The number of hydrogen-bond donors (Lipinski definition) is 0. The topological polar surface area (TPSA) is 44.1 Å². The van der Waals surface area contributed by atoms with Gasteiger partial charge in [-0.05, 0) is 47.8 Å². The Morgan fingerprint density at radius 1 is 1.58 bits per heavy atom. The van der Waals surface area contributed by atoms with Crippen molar-refractivity contribution in [3.05, 3.63) is 28.0 Å². The van der Waals surface area contributed by atoms with Crippen molar-refractivity contribution in [2.24, 2.45) is 5.92 Å². The average Bonchev–Trinajstić information content (AvgIpc) is 2.42. The summed E-state index contributed by atoms with van der Waals surface area (Å²) < 4.78 is 14.4. The fourth-order valence-corrected chi connectivity index (χ4v) is 2.82. The molecule has 1 heterocycles. The lowest BCUT2D eigenvalue weighted by Crippen LogP contribution is -2.38. The second-order valence-electron chi connectivity index (χ2n) is 4.77. The van der Waals surface area contributed by atoms with Gasteiger partial charge in [-0.3, -0.25) is 4.79 Å². The van der Waals surface area contributed by atoms with Crippen LogP contribution in [-0.2, 0) is 4.79 Å². The number of piperidine rings is 1. The second kappa shape index (κ2) is 5.70. The highest BCUT2D eigenvalue weighted by molar-refractivity contribution is 9.10. The summed E-state index contributed by atoms with van der Waals surface area (Å²) in [6, 6.07) is 5.14. The van der Waals surface area contributed by atoms with Crippen molar-refractivity contribution in [2.75, 3.05) is 18.0 Å². The normalized spacial score (nSPS) is 19.1. The monoisotopic (exact) mass is 324 g/mol. The summed E-state index contributed by atoms with van der Waals surface area (Å²) >= 11 is 3.11. The van der Waals surface area contributed by atoms with E-state index in [1.165, 1.54) is 0 Å². The minimum absolute atomic E-state index is 0.0254. The van der Waals surface area contributed by atoms with Gasteiger partial charge in [-0.15, -0.1) is 0 Å². The lowest BCUT2D eigenvalue weighted by atomic mass is 9.94. The molecule has 0 N–H and O–H groups in total. The lowest BCUT2D eigenvalue weighted by Gasteiger charge is -2.33. The fourth-order valence-electron chi connectivity index (χ4n) is 2.40. The molecule has 19 heavy (non-hydrogen) atoms. The molecule has 5 heteroatoms. The zero-order chi connectivity index (χ0) is 14.0. The van der Waals surface area contributed by atoms with Crippen molar-refractivity contribution >= 4 is 27.4 Å². The number of carbonyl (C=O) groups is 1. The first-order valence-corrected chi connectivity index (χ1v) is 6.97. The summed E-state index contributed by atoms with van der Waals surface area (Å²) in [7, 11) is 0. The highest BCUT2D eigenvalue weighted by Crippen LogP contribution is 2.31. The van der Waals surface area contributed by atoms with Crippen molar-refractivity contribution in [1.29, 1.82) is 5.26 Å². The van der Waals surface area contributed by atoms with Gasteiger partial charge in [0.1, 0.15) is 11.9 Å². The zero-order valence-corrected chi connectivity index (χ0v) is 12.2. The molecule has 1 unspecified atom stereocenters. The number of nitriles is 1. The molecule has 1 fully saturated rings. The number of carbonyl (C=O) groups excluding carboxylic acids is 1. The summed E-state index contributed by atoms with van der Waals surface area (Å²) in [5.74, 6) is -0.302. The van der Waals surface area contributed by atoms with Crippen LogP contribution in [0.15, 0.2) is 16.6 Å². The highest BCUT2D eigenvalue weighted by atomic mass is 79.9. The molecule has 1 aromatic carbocycles. The molecule has 100 valence electrons. The molecule has 0 aromatic heterocycles. The number of Topliss-reactive ketones (excluding diaryl/α,β-unsaturated/α-hetero) is 1. The van der Waals surface area contributed by atoms with Crippen LogP contribution in [0.3, 0.4) is 0 Å². The molecular formula is C14H14BrFN2O. The molecule has 0 radical (unpaired) electrons. The van der Waals surface area contributed by atoms with Crippen LogP contribution in [0.4, 0.5) is 10.1 Å². The summed E-state index contributed by atoms with van der Waals surface area (Å²) in [4.78, 5) is 13.3. The Bertz CT molecular complexity index is 553. The highest BCUT2D eigenvalue weighted by Gasteiger charge is 2.25. The third-order valence-electron chi connectivity index (χ3n) is 3.52. The minimum Gasteiger partial charge on any atom is -0.368 e. The maximum Gasteiger partial charge on any atom is 0.161 e. The summed E-state index contributed by atoms with van der Waals surface area (Å²) in [6.07, 6.45) is 1.74. The summed E-state index contributed by atoms with van der Waals surface area (Å²) in [5, 5.41) is 8.85. The molecule has 0 amide bonds. The van der Waals surface area contributed by atoms with Crippen molar-refractivity contribution in [3.8, 4) is 6.07 Å². The molecular weight excluding hydrogens is 311 g/mol. The van der Waals surface area contributed by atoms with Gasteiger partial charge in [-0.1, -0.05) is 0 Å². The third kappa shape index (κ3) is 2.79. The van der Waals surface area contributed by atoms with E-state index in [4.69, 9.17) is 5.26 Å². The van der Waals surface area contributed by atoms with Crippen LogP contribution in [-0.4, -0.2) is 18.9 Å². The largest absolute Gasteiger partial charge is 0.368 e. The van der Waals surface area contributed by atoms with Gasteiger partial charge in [0.2, 0.25) is 0 Å². The molecule has 0 spiro atoms. The maximum atomic E-state index is 14.2. The van der Waals surface area contributed by atoms with E-state index in [2.05, 4.69) is 15.9 Å². The quantitative estimate of drug-likeness (QED) is 0.838. The Hall–Kier alpha value is -1.41. The van der Waals surface area contributed by atoms with Gasteiger partial charge in [0.15, 0.2) is 5.82 Å². The fraction of sp³-hybridized carbons (Fsp3) is 0.429. The molecule has 1 saturated heterocycles. The SMILES string of the molecule is CC(=O)C1CCCN(c2ccc(C#N)c(Br)c2F)C1. The van der Waals surface area contributed by atoms with Gasteiger partial charge in [0.25, 0.3) is 0 Å². The van der Waals surface area contributed by atoms with Gasteiger partial charge in [0.05, 0.1) is 15.7 Å². The smallest absolute Gasteiger partial charge is 0.161 e. The van der Waals surface area contributed by atoms with Crippen LogP contribution >= 0.6 is 15.9 Å². The Labute approximate surface area is 120 Å². The summed E-state index contributed by atoms with van der Waals surface area (Å²) in [6.45, 7) is 2.86.